The maximum Gasteiger partial charge on any atom is 0.158 e. The van der Waals surface area contributed by atoms with Crippen molar-refractivity contribution in [3.05, 3.63) is 47.2 Å². The first-order valence-electron chi connectivity index (χ1n) is 8.18. The third-order valence-corrected chi connectivity index (χ3v) is 3.60. The van der Waals surface area contributed by atoms with Crippen LogP contribution in [-0.2, 0) is 9.47 Å². The zero-order valence-corrected chi connectivity index (χ0v) is 14.3. The fourth-order valence-electron chi connectivity index (χ4n) is 2.85. The Hall–Kier alpha value is -1.34. The highest BCUT2D eigenvalue weighted by molar-refractivity contribution is 5.65. The number of hydrogen-bond donors (Lipinski definition) is 0. The molecule has 22 heavy (non-hydrogen) atoms. The van der Waals surface area contributed by atoms with Crippen LogP contribution in [0, 0.1) is 5.41 Å². The first-order valence-corrected chi connectivity index (χ1v) is 8.18. The molecule has 120 valence electrons. The molecular weight excluding hydrogens is 272 g/mol. The molecule has 0 spiro atoms. The highest BCUT2D eigenvalue weighted by atomic mass is 16.7. The van der Waals surface area contributed by atoms with Crippen LogP contribution in [0.4, 0.5) is 0 Å². The van der Waals surface area contributed by atoms with E-state index in [2.05, 4.69) is 63.8 Å². The molecule has 1 aliphatic heterocycles. The number of allylic oxidation sites excluding steroid dienone is 1. The number of rotatable bonds is 5. The van der Waals surface area contributed by atoms with E-state index >= 15 is 0 Å². The third kappa shape index (κ3) is 5.81. The van der Waals surface area contributed by atoms with Gasteiger partial charge in [0, 0.05) is 12.0 Å². The summed E-state index contributed by atoms with van der Waals surface area (Å²) < 4.78 is 11.1. The molecule has 2 heteroatoms. The first kappa shape index (κ1) is 17.0. The molecule has 0 aliphatic carbocycles. The number of benzene rings is 1. The first-order chi connectivity index (χ1) is 10.4. The topological polar surface area (TPSA) is 18.5 Å². The molecule has 2 rings (SSSR count). The summed E-state index contributed by atoms with van der Waals surface area (Å²) in [5, 5.41) is 0. The van der Waals surface area contributed by atoms with Gasteiger partial charge < -0.3 is 9.47 Å². The van der Waals surface area contributed by atoms with Crippen LogP contribution in [0.1, 0.15) is 52.5 Å². The molecule has 0 N–H and O–H groups in total. The van der Waals surface area contributed by atoms with Gasteiger partial charge in [0.1, 0.15) is 0 Å². The van der Waals surface area contributed by atoms with Crippen LogP contribution in [0.15, 0.2) is 41.6 Å². The minimum Gasteiger partial charge on any atom is -0.350 e. The fraction of sp³-hybridized carbons (Fsp3) is 0.550. The standard InChI is InChI=1S/C20H28O2/c1-16(15-20(2,3)4)14-18(17-8-6-5-7-9-17)10-11-19-21-12-13-22-19/h5-9,19H,10-13,15H2,1-4H3. The van der Waals surface area contributed by atoms with E-state index in [0.29, 0.717) is 13.2 Å². The van der Waals surface area contributed by atoms with Gasteiger partial charge in [0.2, 0.25) is 0 Å². The van der Waals surface area contributed by atoms with E-state index in [1.165, 1.54) is 16.7 Å². The van der Waals surface area contributed by atoms with E-state index in [4.69, 9.17) is 9.47 Å². The van der Waals surface area contributed by atoms with E-state index < -0.39 is 0 Å². The van der Waals surface area contributed by atoms with Gasteiger partial charge in [-0.2, -0.15) is 0 Å². The fourth-order valence-corrected chi connectivity index (χ4v) is 2.85. The Balaban J connectivity index is 2.18. The molecule has 0 unspecified atom stereocenters. The molecular formula is C20H28O2. The predicted molar refractivity (Wildman–Crippen MR) is 91.5 cm³/mol. The summed E-state index contributed by atoms with van der Waals surface area (Å²) in [7, 11) is 0. The van der Waals surface area contributed by atoms with Crippen molar-refractivity contribution in [2.24, 2.45) is 5.41 Å². The number of ether oxygens (including phenoxy) is 2. The summed E-state index contributed by atoms with van der Waals surface area (Å²) in [5.41, 5.74) is 7.72. The second kappa shape index (κ2) is 7.78. The van der Waals surface area contributed by atoms with Gasteiger partial charge in [0.25, 0.3) is 0 Å². The molecule has 0 amide bonds. The molecule has 0 bridgehead atoms. The van der Waals surface area contributed by atoms with E-state index in [1.54, 1.807) is 0 Å². The van der Waals surface area contributed by atoms with Crippen molar-refractivity contribution in [3.8, 4) is 0 Å². The van der Waals surface area contributed by atoms with Gasteiger partial charge in [-0.25, -0.2) is 0 Å². The van der Waals surface area contributed by atoms with Crippen LogP contribution in [-0.4, -0.2) is 19.5 Å². The Morgan fingerprint density at radius 1 is 1.14 bits per heavy atom. The smallest absolute Gasteiger partial charge is 0.158 e. The van der Waals surface area contributed by atoms with Crippen LogP contribution < -0.4 is 0 Å². The average molecular weight is 300 g/mol. The molecule has 1 fully saturated rings. The van der Waals surface area contributed by atoms with Gasteiger partial charge >= 0.3 is 0 Å². The van der Waals surface area contributed by atoms with Gasteiger partial charge in [-0.3, -0.25) is 0 Å². The Kier molecular flexibility index (Phi) is 6.02. The Labute approximate surface area is 134 Å². The predicted octanol–water partition coefficient (Wildman–Crippen LogP) is 5.20. The summed E-state index contributed by atoms with van der Waals surface area (Å²) in [6.45, 7) is 10.4. The normalized spacial score (nSPS) is 15.6. The molecule has 1 aromatic carbocycles. The summed E-state index contributed by atoms with van der Waals surface area (Å²) in [5.74, 6) is 0. The molecule has 1 heterocycles. The van der Waals surface area contributed by atoms with Crippen molar-refractivity contribution in [3.63, 3.8) is 0 Å². The summed E-state index contributed by atoms with van der Waals surface area (Å²) >= 11 is 0. The van der Waals surface area contributed by atoms with E-state index in [1.807, 2.05) is 0 Å². The summed E-state index contributed by atoms with van der Waals surface area (Å²) in [6.07, 6.45) is 2.82. The second-order valence-corrected chi connectivity index (χ2v) is 7.20. The van der Waals surface area contributed by atoms with Crippen molar-refractivity contribution in [2.45, 2.75) is 53.2 Å². The van der Waals surface area contributed by atoms with Crippen molar-refractivity contribution in [1.29, 1.82) is 0 Å². The minimum atomic E-state index is -0.0524. The number of hydrogen-bond acceptors (Lipinski definition) is 2. The minimum absolute atomic E-state index is 0.0524. The highest BCUT2D eigenvalue weighted by Gasteiger charge is 2.17. The summed E-state index contributed by atoms with van der Waals surface area (Å²) in [6, 6.07) is 10.5. The lowest BCUT2D eigenvalue weighted by atomic mass is 9.88. The molecule has 2 nitrogen and oxygen atoms in total. The lowest BCUT2D eigenvalue weighted by Crippen LogP contribution is -2.07. The molecule has 1 aliphatic rings. The van der Waals surface area contributed by atoms with Crippen LogP contribution >= 0.6 is 0 Å². The van der Waals surface area contributed by atoms with Crippen molar-refractivity contribution >= 4 is 5.57 Å². The van der Waals surface area contributed by atoms with Gasteiger partial charge in [0.05, 0.1) is 13.2 Å². The van der Waals surface area contributed by atoms with Crippen molar-refractivity contribution in [2.75, 3.05) is 13.2 Å². The maximum absolute atomic E-state index is 5.55. The Bertz CT molecular complexity index is 525. The lowest BCUT2D eigenvalue weighted by Gasteiger charge is -2.17. The van der Waals surface area contributed by atoms with Crippen LogP contribution in [0.2, 0.25) is 0 Å². The van der Waals surface area contributed by atoms with Crippen LogP contribution in [0.3, 0.4) is 0 Å². The van der Waals surface area contributed by atoms with Gasteiger partial charge in [-0.15, -0.1) is 5.73 Å². The molecule has 0 saturated carbocycles. The zero-order chi connectivity index (χ0) is 16.0. The average Bonchev–Trinajstić information content (AvgIpc) is 2.95. The maximum atomic E-state index is 5.55. The van der Waals surface area contributed by atoms with Crippen LogP contribution in [0.5, 0.6) is 0 Å². The largest absolute Gasteiger partial charge is 0.350 e. The zero-order valence-electron chi connectivity index (χ0n) is 14.3. The van der Waals surface area contributed by atoms with Crippen molar-refractivity contribution in [1.82, 2.24) is 0 Å². The molecule has 0 aromatic heterocycles. The van der Waals surface area contributed by atoms with Gasteiger partial charge in [0.15, 0.2) is 6.29 Å². The van der Waals surface area contributed by atoms with E-state index in [0.717, 1.165) is 19.3 Å². The quantitative estimate of drug-likeness (QED) is 0.695. The SMILES string of the molecule is CC(=C=C(CCC1OCCO1)c1ccccc1)CC(C)(C)C. The van der Waals surface area contributed by atoms with E-state index in [9.17, 15) is 0 Å². The summed E-state index contributed by atoms with van der Waals surface area (Å²) in [4.78, 5) is 0. The molecule has 0 atom stereocenters. The molecule has 1 saturated heterocycles. The molecule has 0 radical (unpaired) electrons. The lowest BCUT2D eigenvalue weighted by molar-refractivity contribution is -0.0453. The highest BCUT2D eigenvalue weighted by Crippen LogP contribution is 2.26. The van der Waals surface area contributed by atoms with E-state index in [-0.39, 0.29) is 11.7 Å². The Morgan fingerprint density at radius 2 is 1.77 bits per heavy atom. The second-order valence-electron chi connectivity index (χ2n) is 7.20. The van der Waals surface area contributed by atoms with Crippen molar-refractivity contribution < 1.29 is 9.47 Å². The van der Waals surface area contributed by atoms with Crippen LogP contribution in [0.25, 0.3) is 5.57 Å². The monoisotopic (exact) mass is 300 g/mol. The van der Waals surface area contributed by atoms with Gasteiger partial charge in [-0.05, 0) is 36.3 Å². The Morgan fingerprint density at radius 3 is 2.36 bits per heavy atom. The van der Waals surface area contributed by atoms with Gasteiger partial charge in [-0.1, -0.05) is 51.1 Å². The third-order valence-electron chi connectivity index (χ3n) is 3.60. The molecule has 1 aromatic rings.